The molecule has 1 rings (SSSR count). The number of carboxylic acids is 1. The molecule has 1 amide bonds. The van der Waals surface area contributed by atoms with E-state index in [1.54, 1.807) is 13.0 Å². The Morgan fingerprint density at radius 1 is 1.53 bits per heavy atom. The van der Waals surface area contributed by atoms with Crippen molar-refractivity contribution in [1.29, 1.82) is 0 Å². The number of rotatable bonds is 3. The van der Waals surface area contributed by atoms with Crippen molar-refractivity contribution >= 4 is 23.5 Å². The summed E-state index contributed by atoms with van der Waals surface area (Å²) in [5.41, 5.74) is 0.897. The van der Waals surface area contributed by atoms with Crippen molar-refractivity contribution in [3.63, 3.8) is 0 Å². The maximum Gasteiger partial charge on any atom is 0.326 e. The number of halogens is 1. The number of pyridine rings is 1. The third kappa shape index (κ3) is 2.94. The summed E-state index contributed by atoms with van der Waals surface area (Å²) in [6, 6.07) is 0.647. The summed E-state index contributed by atoms with van der Waals surface area (Å²) in [7, 11) is 1.41. The Kier molecular flexibility index (Phi) is 4.07. The number of likely N-dealkylation sites (N-methyl/N-ethyl adjacent to an activating group) is 1. The molecule has 1 aromatic rings. The minimum atomic E-state index is -1.07. The van der Waals surface area contributed by atoms with Gasteiger partial charge in [0.15, 0.2) is 0 Å². The normalized spacial score (nSPS) is 12.0. The van der Waals surface area contributed by atoms with Gasteiger partial charge in [-0.2, -0.15) is 0 Å². The van der Waals surface area contributed by atoms with E-state index in [1.807, 2.05) is 0 Å². The predicted octanol–water partition coefficient (Wildman–Crippen LogP) is 1.59. The number of hydrogen-bond acceptors (Lipinski definition) is 3. The van der Waals surface area contributed by atoms with Gasteiger partial charge in [-0.3, -0.25) is 9.78 Å². The predicted molar refractivity (Wildman–Crippen MR) is 63.2 cm³/mol. The zero-order valence-corrected chi connectivity index (χ0v) is 10.5. The van der Waals surface area contributed by atoms with Gasteiger partial charge in [-0.05, 0) is 19.9 Å². The van der Waals surface area contributed by atoms with E-state index in [0.29, 0.717) is 5.69 Å². The van der Waals surface area contributed by atoms with Crippen LogP contribution in [0, 0.1) is 6.92 Å². The molecule has 0 saturated carbocycles. The van der Waals surface area contributed by atoms with Gasteiger partial charge in [-0.25, -0.2) is 4.79 Å². The van der Waals surface area contributed by atoms with Gasteiger partial charge >= 0.3 is 5.97 Å². The lowest BCUT2D eigenvalue weighted by Gasteiger charge is -2.21. The number of nitrogens with zero attached hydrogens (tertiary/aromatic N) is 2. The maximum absolute atomic E-state index is 12.0. The van der Waals surface area contributed by atoms with Crippen LogP contribution in [0.25, 0.3) is 0 Å². The summed E-state index contributed by atoms with van der Waals surface area (Å²) in [6.07, 6.45) is 1.35. The molecule has 0 bridgehead atoms. The number of hydrogen-bond donors (Lipinski definition) is 1. The monoisotopic (exact) mass is 256 g/mol. The lowest BCUT2D eigenvalue weighted by Crippen LogP contribution is -2.40. The minimum absolute atomic E-state index is 0.202. The van der Waals surface area contributed by atoms with Crippen molar-refractivity contribution in [2.75, 3.05) is 7.05 Å². The van der Waals surface area contributed by atoms with Crippen molar-refractivity contribution in [1.82, 2.24) is 9.88 Å². The van der Waals surface area contributed by atoms with E-state index in [0.717, 1.165) is 4.90 Å². The molecule has 0 aliphatic heterocycles. The van der Waals surface area contributed by atoms with Crippen LogP contribution in [0.2, 0.25) is 5.02 Å². The Bertz CT molecular complexity index is 462. The second-order valence-electron chi connectivity index (χ2n) is 3.74. The largest absolute Gasteiger partial charge is 0.480 e. The molecular formula is C11H13ClN2O3. The molecule has 0 aliphatic carbocycles. The molecule has 0 radical (unpaired) electrons. The Balaban J connectivity index is 3.00. The first-order valence-corrected chi connectivity index (χ1v) is 5.34. The van der Waals surface area contributed by atoms with Gasteiger partial charge in [0.2, 0.25) is 0 Å². The van der Waals surface area contributed by atoms with Gasteiger partial charge in [-0.1, -0.05) is 11.6 Å². The maximum atomic E-state index is 12.0. The molecular weight excluding hydrogens is 244 g/mol. The average molecular weight is 257 g/mol. The van der Waals surface area contributed by atoms with Crippen LogP contribution in [0.3, 0.4) is 0 Å². The highest BCUT2D eigenvalue weighted by atomic mass is 35.5. The lowest BCUT2D eigenvalue weighted by molar-refractivity contribution is -0.141. The quantitative estimate of drug-likeness (QED) is 0.892. The van der Waals surface area contributed by atoms with Crippen LogP contribution in [-0.2, 0) is 4.79 Å². The first-order chi connectivity index (χ1) is 7.84. The molecule has 92 valence electrons. The third-order valence-electron chi connectivity index (χ3n) is 2.48. The van der Waals surface area contributed by atoms with Gasteiger partial charge in [0.05, 0.1) is 10.6 Å². The third-order valence-corrected chi connectivity index (χ3v) is 2.79. The number of aryl methyl sites for hydroxylation is 1. The van der Waals surface area contributed by atoms with Crippen LogP contribution in [0.15, 0.2) is 12.3 Å². The van der Waals surface area contributed by atoms with Crippen LogP contribution >= 0.6 is 11.6 Å². The van der Waals surface area contributed by atoms with Gasteiger partial charge in [-0.15, -0.1) is 0 Å². The molecule has 0 saturated heterocycles. The Hall–Kier alpha value is -1.62. The van der Waals surface area contributed by atoms with Crippen molar-refractivity contribution in [2.45, 2.75) is 19.9 Å². The lowest BCUT2D eigenvalue weighted by atomic mass is 10.2. The molecule has 1 aromatic heterocycles. The van der Waals surface area contributed by atoms with E-state index in [2.05, 4.69) is 4.98 Å². The molecule has 1 heterocycles. The van der Waals surface area contributed by atoms with E-state index in [4.69, 9.17) is 16.7 Å². The zero-order chi connectivity index (χ0) is 13.2. The van der Waals surface area contributed by atoms with Crippen molar-refractivity contribution in [3.8, 4) is 0 Å². The smallest absolute Gasteiger partial charge is 0.326 e. The van der Waals surface area contributed by atoms with Crippen molar-refractivity contribution in [3.05, 3.63) is 28.5 Å². The molecule has 0 aromatic carbocycles. The van der Waals surface area contributed by atoms with Crippen molar-refractivity contribution < 1.29 is 14.7 Å². The molecule has 5 nitrogen and oxygen atoms in total. The summed E-state index contributed by atoms with van der Waals surface area (Å²) in [5, 5.41) is 9.09. The van der Waals surface area contributed by atoms with Crippen LogP contribution in [-0.4, -0.2) is 40.0 Å². The standard InChI is InChI=1S/C11H13ClN2O3/c1-6-4-9(12)8(5-13-6)10(15)14(3)7(2)11(16)17/h4-5,7H,1-3H3,(H,16,17). The first-order valence-electron chi connectivity index (χ1n) is 4.96. The summed E-state index contributed by atoms with van der Waals surface area (Å²) in [4.78, 5) is 27.8. The van der Waals surface area contributed by atoms with Gasteiger partial charge in [0, 0.05) is 18.9 Å². The SMILES string of the molecule is Cc1cc(Cl)c(C(=O)N(C)C(C)C(=O)O)cn1. The molecule has 1 atom stereocenters. The van der Waals surface area contributed by atoms with E-state index in [1.165, 1.54) is 20.2 Å². The Morgan fingerprint density at radius 2 is 2.12 bits per heavy atom. The fourth-order valence-electron chi connectivity index (χ4n) is 1.22. The van der Waals surface area contributed by atoms with E-state index < -0.39 is 17.9 Å². The molecule has 17 heavy (non-hydrogen) atoms. The summed E-state index contributed by atoms with van der Waals surface area (Å²) >= 11 is 5.92. The molecule has 0 aliphatic rings. The van der Waals surface area contributed by atoms with E-state index in [-0.39, 0.29) is 10.6 Å². The highest BCUT2D eigenvalue weighted by Gasteiger charge is 2.24. The highest BCUT2D eigenvalue weighted by Crippen LogP contribution is 2.18. The van der Waals surface area contributed by atoms with Crippen LogP contribution in [0.4, 0.5) is 0 Å². The van der Waals surface area contributed by atoms with Crippen LogP contribution in [0.1, 0.15) is 23.0 Å². The van der Waals surface area contributed by atoms with Gasteiger partial charge in [0.1, 0.15) is 6.04 Å². The van der Waals surface area contributed by atoms with Gasteiger partial charge < -0.3 is 10.0 Å². The summed E-state index contributed by atoms with van der Waals surface area (Å²) < 4.78 is 0. The molecule has 1 N–H and O–H groups in total. The number of carbonyl (C=O) groups is 2. The molecule has 0 fully saturated rings. The number of carboxylic acid groups (broad SMARTS) is 1. The molecule has 0 spiro atoms. The summed E-state index contributed by atoms with van der Waals surface area (Å²) in [6.45, 7) is 3.18. The Labute approximate surface area is 104 Å². The number of aliphatic carboxylic acids is 1. The second kappa shape index (κ2) is 5.14. The average Bonchev–Trinajstić information content (AvgIpc) is 2.26. The molecule has 1 unspecified atom stereocenters. The topological polar surface area (TPSA) is 70.5 Å². The van der Waals surface area contributed by atoms with Crippen LogP contribution in [0.5, 0.6) is 0 Å². The van der Waals surface area contributed by atoms with E-state index >= 15 is 0 Å². The first kappa shape index (κ1) is 13.4. The minimum Gasteiger partial charge on any atom is -0.480 e. The zero-order valence-electron chi connectivity index (χ0n) is 9.77. The van der Waals surface area contributed by atoms with Crippen molar-refractivity contribution in [2.24, 2.45) is 0 Å². The van der Waals surface area contributed by atoms with E-state index in [9.17, 15) is 9.59 Å². The fraction of sp³-hybridized carbons (Fsp3) is 0.364. The van der Waals surface area contributed by atoms with Crippen LogP contribution < -0.4 is 0 Å². The number of carbonyl (C=O) groups excluding carboxylic acids is 1. The second-order valence-corrected chi connectivity index (χ2v) is 4.14. The van der Waals surface area contributed by atoms with Gasteiger partial charge in [0.25, 0.3) is 5.91 Å². The number of amides is 1. The highest BCUT2D eigenvalue weighted by molar-refractivity contribution is 6.33. The number of aromatic nitrogens is 1. The fourth-order valence-corrected chi connectivity index (χ4v) is 1.50. The summed E-state index contributed by atoms with van der Waals surface area (Å²) in [5.74, 6) is -1.53. The molecule has 6 heteroatoms. The Morgan fingerprint density at radius 3 is 2.59 bits per heavy atom.